The first kappa shape index (κ1) is 19.4. The third-order valence-corrected chi connectivity index (χ3v) is 6.58. The number of rotatable bonds is 7. The molecule has 0 heterocycles. The lowest BCUT2D eigenvalue weighted by molar-refractivity contribution is 0.283. The van der Waals surface area contributed by atoms with Gasteiger partial charge in [-0.25, -0.2) is 0 Å². The average molecular weight is 277 g/mol. The molecule has 0 atom stereocenters. The summed E-state index contributed by atoms with van der Waals surface area (Å²) < 4.78 is 5.90. The van der Waals surface area contributed by atoms with E-state index in [2.05, 4.69) is 45.9 Å². The fourth-order valence-electron chi connectivity index (χ4n) is 1.50. The maximum atomic E-state index is 8.34. The van der Waals surface area contributed by atoms with Gasteiger partial charge in [0.25, 0.3) is 0 Å². The van der Waals surface area contributed by atoms with Crippen LogP contribution in [0.25, 0.3) is 0 Å². The van der Waals surface area contributed by atoms with Crippen LogP contribution in [0.1, 0.15) is 25.7 Å². The lowest BCUT2D eigenvalue weighted by atomic mass is 10.2. The van der Waals surface area contributed by atoms with Gasteiger partial charge in [-0.3, -0.25) is 0 Å². The van der Waals surface area contributed by atoms with Gasteiger partial charge in [-0.1, -0.05) is 12.5 Å². The van der Waals surface area contributed by atoms with Gasteiger partial charge >= 0.3 is 0 Å². The van der Waals surface area contributed by atoms with Crippen LogP contribution in [0.4, 0.5) is 0 Å². The minimum absolute atomic E-state index is 0.330. The Morgan fingerprint density at radius 1 is 0.941 bits per heavy atom. The Labute approximate surface area is 110 Å². The molecule has 1 N–H and O–H groups in total. The number of hydrogen-bond acceptors (Lipinski definition) is 2. The number of allylic oxidation sites excluding steroid dienone is 1. The van der Waals surface area contributed by atoms with E-state index in [0.717, 1.165) is 19.3 Å². The smallest absolute Gasteiger partial charge is 0.170 e. The summed E-state index contributed by atoms with van der Waals surface area (Å²) in [6.07, 6.45) is 6.23. The molecule has 0 aromatic rings. The Bertz CT molecular complexity index is 169. The van der Waals surface area contributed by atoms with Gasteiger partial charge in [-0.2, -0.15) is 0 Å². The minimum atomic E-state index is -1.23. The highest BCUT2D eigenvalue weighted by Gasteiger charge is 2.24. The van der Waals surface area contributed by atoms with E-state index in [1.165, 1.54) is 6.42 Å². The van der Waals surface area contributed by atoms with Crippen molar-refractivity contribution < 1.29 is 9.22 Å². The van der Waals surface area contributed by atoms with Crippen molar-refractivity contribution >= 4 is 16.6 Å². The number of aliphatic hydroxyl groups excluding tert-OH is 1. The molecule has 0 unspecified atom stereocenters. The topological polar surface area (TPSA) is 29.5 Å². The zero-order valence-corrected chi connectivity index (χ0v) is 14.7. The zero-order valence-electron chi connectivity index (χ0n) is 12.7. The molecular weight excluding hydrogens is 244 g/mol. The fourth-order valence-corrected chi connectivity index (χ4v) is 8.84. The molecule has 0 rings (SSSR count). The van der Waals surface area contributed by atoms with E-state index in [1.807, 2.05) is 6.08 Å². The minimum Gasteiger partial charge on any atom is -0.456 e. The van der Waals surface area contributed by atoms with Crippen LogP contribution in [0.15, 0.2) is 12.7 Å². The van der Waals surface area contributed by atoms with Gasteiger partial charge in [0, 0.05) is 6.61 Å². The van der Waals surface area contributed by atoms with Crippen molar-refractivity contribution in [3.63, 3.8) is 0 Å². The second-order valence-electron chi connectivity index (χ2n) is 6.19. The summed E-state index contributed by atoms with van der Waals surface area (Å²) in [6, 6.07) is 0. The van der Waals surface area contributed by atoms with Crippen LogP contribution in [-0.2, 0) is 4.12 Å². The van der Waals surface area contributed by atoms with E-state index >= 15 is 0 Å². The third kappa shape index (κ3) is 26.0. The van der Waals surface area contributed by atoms with Crippen LogP contribution in [-0.4, -0.2) is 28.3 Å². The Hall–Kier alpha value is 0.0938. The van der Waals surface area contributed by atoms with E-state index in [1.54, 1.807) is 0 Å². The summed E-state index contributed by atoms with van der Waals surface area (Å²) in [5.74, 6) is 0. The summed E-state index contributed by atoms with van der Waals surface area (Å²) in [5.41, 5.74) is 0. The summed E-state index contributed by atoms with van der Waals surface area (Å²) in [5, 5.41) is 8.34. The van der Waals surface area contributed by atoms with E-state index in [9.17, 15) is 0 Å². The lowest BCUT2D eigenvalue weighted by Crippen LogP contribution is -2.39. The van der Waals surface area contributed by atoms with E-state index in [4.69, 9.17) is 9.22 Å². The first-order chi connectivity index (χ1) is 7.62. The molecule has 0 aliphatic carbocycles. The highest BCUT2D eigenvalue weighted by Crippen LogP contribution is 2.12. The summed E-state index contributed by atoms with van der Waals surface area (Å²) in [6.45, 7) is 17.4. The Balaban J connectivity index is 0. The quantitative estimate of drug-likeness (QED) is 0.424. The van der Waals surface area contributed by atoms with Crippen molar-refractivity contribution in [2.24, 2.45) is 0 Å². The molecular formula is C13H32O2Si2. The first-order valence-electron chi connectivity index (χ1n) is 6.54. The monoisotopic (exact) mass is 276 g/mol. The molecule has 0 aliphatic rings. The van der Waals surface area contributed by atoms with Crippen molar-refractivity contribution in [1.82, 2.24) is 0 Å². The SMILES string of the molecule is C=CCCCCCO.C[Si](C)(C)O[Si](C)(C)C. The van der Waals surface area contributed by atoms with Crippen molar-refractivity contribution in [3.8, 4) is 0 Å². The van der Waals surface area contributed by atoms with Crippen LogP contribution in [0.3, 0.4) is 0 Å². The highest BCUT2D eigenvalue weighted by molar-refractivity contribution is 6.83. The van der Waals surface area contributed by atoms with Gasteiger partial charge < -0.3 is 9.22 Å². The van der Waals surface area contributed by atoms with Crippen LogP contribution >= 0.6 is 0 Å². The molecule has 17 heavy (non-hydrogen) atoms. The molecule has 0 aromatic carbocycles. The van der Waals surface area contributed by atoms with Gasteiger partial charge in [-0.15, -0.1) is 6.58 Å². The fraction of sp³-hybridized carbons (Fsp3) is 0.846. The van der Waals surface area contributed by atoms with E-state index in [-0.39, 0.29) is 0 Å². The molecule has 0 spiro atoms. The molecule has 0 bridgehead atoms. The molecule has 0 aromatic heterocycles. The Morgan fingerprint density at radius 3 is 1.65 bits per heavy atom. The molecule has 2 nitrogen and oxygen atoms in total. The molecule has 0 aliphatic heterocycles. The molecule has 104 valence electrons. The molecule has 0 saturated carbocycles. The summed E-state index contributed by atoms with van der Waals surface area (Å²) in [4.78, 5) is 0. The zero-order chi connectivity index (χ0) is 13.9. The van der Waals surface area contributed by atoms with Crippen molar-refractivity contribution in [1.29, 1.82) is 0 Å². The number of unbranched alkanes of at least 4 members (excludes halogenated alkanes) is 3. The number of hydrogen-bond donors (Lipinski definition) is 1. The van der Waals surface area contributed by atoms with Crippen LogP contribution < -0.4 is 0 Å². The summed E-state index contributed by atoms with van der Waals surface area (Å²) in [7, 11) is -2.46. The predicted octanol–water partition coefficient (Wildman–Crippen LogP) is 4.40. The highest BCUT2D eigenvalue weighted by atomic mass is 28.4. The van der Waals surface area contributed by atoms with Gasteiger partial charge in [0.15, 0.2) is 16.6 Å². The second-order valence-corrected chi connectivity index (χ2v) is 15.5. The molecule has 0 radical (unpaired) electrons. The standard InChI is InChI=1S/C7H14O.C6H18OSi2/c1-2-3-4-5-6-7-8;1-8(2,3)7-9(4,5)6/h2,8H,1,3-7H2;1-6H3. The van der Waals surface area contributed by atoms with Crippen LogP contribution in [0, 0.1) is 0 Å². The Morgan fingerprint density at radius 2 is 1.41 bits per heavy atom. The van der Waals surface area contributed by atoms with E-state index in [0.29, 0.717) is 6.61 Å². The van der Waals surface area contributed by atoms with Crippen molar-refractivity contribution in [2.75, 3.05) is 6.61 Å². The van der Waals surface area contributed by atoms with Crippen LogP contribution in [0.5, 0.6) is 0 Å². The molecule has 0 fully saturated rings. The van der Waals surface area contributed by atoms with Gasteiger partial charge in [0.1, 0.15) is 0 Å². The van der Waals surface area contributed by atoms with Crippen molar-refractivity contribution in [3.05, 3.63) is 12.7 Å². The Kier molecular flexibility index (Phi) is 11.5. The van der Waals surface area contributed by atoms with E-state index < -0.39 is 16.6 Å². The maximum Gasteiger partial charge on any atom is 0.170 e. The largest absolute Gasteiger partial charge is 0.456 e. The lowest BCUT2D eigenvalue weighted by Gasteiger charge is -2.27. The normalized spacial score (nSPS) is 11.7. The summed E-state index contributed by atoms with van der Waals surface area (Å²) >= 11 is 0. The van der Waals surface area contributed by atoms with Crippen LogP contribution in [0.2, 0.25) is 39.3 Å². The molecule has 0 saturated heterocycles. The van der Waals surface area contributed by atoms with Gasteiger partial charge in [0.2, 0.25) is 0 Å². The second kappa shape index (κ2) is 10.1. The maximum absolute atomic E-state index is 8.34. The predicted molar refractivity (Wildman–Crippen MR) is 83.5 cm³/mol. The molecule has 4 heteroatoms. The molecule has 0 amide bonds. The first-order valence-corrected chi connectivity index (χ1v) is 13.4. The average Bonchev–Trinajstić information content (AvgIpc) is 2.07. The van der Waals surface area contributed by atoms with Crippen molar-refractivity contribution in [2.45, 2.75) is 65.0 Å². The van der Waals surface area contributed by atoms with Gasteiger partial charge in [-0.05, 0) is 58.5 Å². The number of aliphatic hydroxyl groups is 1. The third-order valence-electron chi connectivity index (χ3n) is 1.68. The van der Waals surface area contributed by atoms with Gasteiger partial charge in [0.05, 0.1) is 0 Å².